The number of carbonyl (C=O) groups is 6. The number of nitrogens with one attached hydrogen (secondary N) is 5. The van der Waals surface area contributed by atoms with E-state index in [-0.39, 0.29) is 43.4 Å². The van der Waals surface area contributed by atoms with Crippen molar-refractivity contribution in [1.82, 2.24) is 26.6 Å². The summed E-state index contributed by atoms with van der Waals surface area (Å²) in [6, 6.07) is 11.6. The maximum absolute atomic E-state index is 14.2. The quantitative estimate of drug-likeness (QED) is 0.0691. The van der Waals surface area contributed by atoms with Gasteiger partial charge in [0.05, 0.1) is 6.04 Å². The highest BCUT2D eigenvalue weighted by Gasteiger charge is 2.33. The minimum absolute atomic E-state index is 0.0153. The van der Waals surface area contributed by atoms with Gasteiger partial charge < -0.3 is 43.2 Å². The Labute approximate surface area is 332 Å². The van der Waals surface area contributed by atoms with Gasteiger partial charge >= 0.3 is 5.97 Å². The first-order valence-corrected chi connectivity index (χ1v) is 19.8. The number of nitrogens with two attached hydrogens (primary N) is 2. The third-order valence-corrected chi connectivity index (χ3v) is 9.14. The van der Waals surface area contributed by atoms with Crippen molar-refractivity contribution in [2.24, 2.45) is 29.2 Å². The molecule has 14 heteroatoms. The van der Waals surface area contributed by atoms with Crippen LogP contribution in [0.3, 0.4) is 0 Å². The third-order valence-electron chi connectivity index (χ3n) is 9.14. The highest BCUT2D eigenvalue weighted by atomic mass is 16.4. The van der Waals surface area contributed by atoms with E-state index >= 15 is 0 Å². The normalized spacial score (nSPS) is 14.6. The zero-order valence-electron chi connectivity index (χ0n) is 33.9. The van der Waals surface area contributed by atoms with Crippen LogP contribution >= 0.6 is 0 Å². The fourth-order valence-electron chi connectivity index (χ4n) is 6.26. The number of rotatable bonds is 25. The van der Waals surface area contributed by atoms with Gasteiger partial charge in [-0.25, -0.2) is 4.79 Å². The van der Waals surface area contributed by atoms with E-state index in [0.717, 1.165) is 11.1 Å². The van der Waals surface area contributed by atoms with Crippen LogP contribution < -0.4 is 38.1 Å². The minimum Gasteiger partial charge on any atom is -0.480 e. The first kappa shape index (κ1) is 47.3. The molecule has 10 N–H and O–H groups in total. The van der Waals surface area contributed by atoms with E-state index in [9.17, 15) is 33.9 Å². The Bertz CT molecular complexity index is 1540. The Kier molecular flexibility index (Phi) is 20.8. The number of hydrogen-bond donors (Lipinski definition) is 8. The molecule has 6 atom stereocenters. The van der Waals surface area contributed by atoms with Gasteiger partial charge in [-0.1, -0.05) is 102 Å². The average Bonchev–Trinajstić information content (AvgIpc) is 3.13. The number of aliphatic carboxylic acids is 1. The van der Waals surface area contributed by atoms with Crippen molar-refractivity contribution in [2.75, 3.05) is 6.54 Å². The summed E-state index contributed by atoms with van der Waals surface area (Å²) >= 11 is 0. The van der Waals surface area contributed by atoms with Crippen LogP contribution in [0.4, 0.5) is 0 Å². The molecule has 56 heavy (non-hydrogen) atoms. The molecule has 0 aliphatic rings. The van der Waals surface area contributed by atoms with Crippen molar-refractivity contribution >= 4 is 35.5 Å². The van der Waals surface area contributed by atoms with Gasteiger partial charge in [0.1, 0.15) is 30.2 Å². The standard InChI is InChI=1S/C42H65N7O7/c1-26(2)21-31(44)37(50)46-33(22-27(3)4)39(52)48-34(24-29-15-9-7-10-16-29)40(53)45-32(19-13-14-20-43)38(51)47-35(25-30-17-11-8-12-18-30)41(54)49-36(42(55)56)23-28(5)6/h7-12,15-18,26-28,31-36H,13-14,19-25,43-44H2,1-6H3,(H,45,53)(H,46,50)(H,47,51)(H,48,52)(H,49,54)(H,55,56)/t31-,32-,33-,34-,35-,36-/m0/s1. The fraction of sp³-hybridized carbons (Fsp3) is 0.571. The van der Waals surface area contributed by atoms with E-state index < -0.39 is 71.8 Å². The molecule has 0 saturated heterocycles. The van der Waals surface area contributed by atoms with E-state index in [0.29, 0.717) is 32.2 Å². The molecule has 0 aliphatic carbocycles. The van der Waals surface area contributed by atoms with Crippen LogP contribution in [0.25, 0.3) is 0 Å². The molecule has 0 unspecified atom stereocenters. The molecule has 0 aliphatic heterocycles. The molecule has 2 rings (SSSR count). The molecule has 14 nitrogen and oxygen atoms in total. The number of benzene rings is 2. The van der Waals surface area contributed by atoms with Gasteiger partial charge in [-0.15, -0.1) is 0 Å². The second kappa shape index (κ2) is 24.6. The molecule has 2 aromatic carbocycles. The Morgan fingerprint density at radius 3 is 1.32 bits per heavy atom. The van der Waals surface area contributed by atoms with E-state index in [1.54, 1.807) is 36.4 Å². The lowest BCUT2D eigenvalue weighted by Gasteiger charge is -2.28. The molecule has 0 aromatic heterocycles. The molecule has 0 fully saturated rings. The van der Waals surface area contributed by atoms with Crippen LogP contribution in [0.1, 0.15) is 91.2 Å². The summed E-state index contributed by atoms with van der Waals surface area (Å²) in [5.41, 5.74) is 13.4. The zero-order valence-corrected chi connectivity index (χ0v) is 33.9. The number of carboxylic acids is 1. The molecule has 0 heterocycles. The van der Waals surface area contributed by atoms with Gasteiger partial charge in [0.15, 0.2) is 0 Å². The van der Waals surface area contributed by atoms with Crippen LogP contribution in [0.15, 0.2) is 60.7 Å². The number of carboxylic acid groups (broad SMARTS) is 1. The van der Waals surface area contributed by atoms with Crippen LogP contribution in [-0.2, 0) is 41.6 Å². The summed E-state index contributed by atoms with van der Waals surface area (Å²) in [5.74, 6) is -4.05. The summed E-state index contributed by atoms with van der Waals surface area (Å²) in [6.07, 6.45) is 2.25. The third kappa shape index (κ3) is 17.8. The van der Waals surface area contributed by atoms with Crippen molar-refractivity contribution in [2.45, 2.75) is 129 Å². The predicted octanol–water partition coefficient (Wildman–Crippen LogP) is 2.58. The molecule has 0 saturated carbocycles. The Morgan fingerprint density at radius 1 is 0.518 bits per heavy atom. The molecule has 310 valence electrons. The van der Waals surface area contributed by atoms with Crippen LogP contribution in [-0.4, -0.2) is 83.4 Å². The van der Waals surface area contributed by atoms with Gasteiger partial charge in [0.25, 0.3) is 0 Å². The van der Waals surface area contributed by atoms with Crippen LogP contribution in [0, 0.1) is 17.8 Å². The molecular weight excluding hydrogens is 715 g/mol. The number of hydrogen-bond acceptors (Lipinski definition) is 8. The molecule has 0 radical (unpaired) electrons. The van der Waals surface area contributed by atoms with Crippen molar-refractivity contribution in [1.29, 1.82) is 0 Å². The smallest absolute Gasteiger partial charge is 0.326 e. The minimum atomic E-state index is -1.19. The second-order valence-corrected chi connectivity index (χ2v) is 15.8. The lowest BCUT2D eigenvalue weighted by molar-refractivity contribution is -0.142. The zero-order chi connectivity index (χ0) is 41.8. The molecule has 5 amide bonds. The topological polar surface area (TPSA) is 235 Å². The summed E-state index contributed by atoms with van der Waals surface area (Å²) in [4.78, 5) is 80.8. The maximum atomic E-state index is 14.2. The van der Waals surface area contributed by atoms with Gasteiger partial charge in [0, 0.05) is 12.8 Å². The van der Waals surface area contributed by atoms with Gasteiger partial charge in [-0.2, -0.15) is 0 Å². The van der Waals surface area contributed by atoms with Crippen LogP contribution in [0.5, 0.6) is 0 Å². The average molecular weight is 780 g/mol. The Hall–Kier alpha value is -4.82. The number of unbranched alkanes of at least 4 members (excludes halogenated alkanes) is 1. The Balaban J connectivity index is 2.42. The Morgan fingerprint density at radius 2 is 0.893 bits per heavy atom. The fourth-order valence-corrected chi connectivity index (χ4v) is 6.26. The summed E-state index contributed by atoms with van der Waals surface area (Å²) in [6.45, 7) is 11.8. The van der Waals surface area contributed by atoms with E-state index in [1.165, 1.54) is 0 Å². The summed E-state index contributed by atoms with van der Waals surface area (Å²) in [7, 11) is 0. The van der Waals surface area contributed by atoms with E-state index in [4.69, 9.17) is 11.5 Å². The molecular formula is C42H65N7O7. The lowest BCUT2D eigenvalue weighted by Crippen LogP contribution is -2.60. The van der Waals surface area contributed by atoms with Crippen molar-refractivity contribution in [3.8, 4) is 0 Å². The number of carbonyl (C=O) groups excluding carboxylic acids is 5. The predicted molar refractivity (Wildman–Crippen MR) is 217 cm³/mol. The largest absolute Gasteiger partial charge is 0.480 e. The van der Waals surface area contributed by atoms with E-state index in [2.05, 4.69) is 26.6 Å². The summed E-state index contributed by atoms with van der Waals surface area (Å²) < 4.78 is 0. The van der Waals surface area contributed by atoms with Crippen LogP contribution in [0.2, 0.25) is 0 Å². The van der Waals surface area contributed by atoms with Gasteiger partial charge in [-0.3, -0.25) is 24.0 Å². The van der Waals surface area contributed by atoms with Crippen molar-refractivity contribution < 1.29 is 33.9 Å². The van der Waals surface area contributed by atoms with Gasteiger partial charge in [-0.05, 0) is 74.0 Å². The molecule has 2 aromatic rings. The lowest BCUT2D eigenvalue weighted by atomic mass is 9.99. The van der Waals surface area contributed by atoms with Crippen molar-refractivity contribution in [3.63, 3.8) is 0 Å². The number of amides is 5. The maximum Gasteiger partial charge on any atom is 0.326 e. The van der Waals surface area contributed by atoms with Crippen molar-refractivity contribution in [3.05, 3.63) is 71.8 Å². The molecule has 0 spiro atoms. The summed E-state index contributed by atoms with van der Waals surface area (Å²) in [5, 5.41) is 23.6. The first-order valence-electron chi connectivity index (χ1n) is 19.8. The first-order chi connectivity index (χ1) is 26.5. The highest BCUT2D eigenvalue weighted by molar-refractivity contribution is 5.96. The highest BCUT2D eigenvalue weighted by Crippen LogP contribution is 2.12. The second-order valence-electron chi connectivity index (χ2n) is 15.8. The molecule has 0 bridgehead atoms. The van der Waals surface area contributed by atoms with E-state index in [1.807, 2.05) is 65.8 Å². The van der Waals surface area contributed by atoms with Gasteiger partial charge in [0.2, 0.25) is 29.5 Å². The SMILES string of the molecule is CC(C)C[C@H](NC(=O)[C@H](Cc1ccccc1)NC(=O)[C@H](CCCCN)NC(=O)[C@H](Cc1ccccc1)NC(=O)[C@H](CC(C)C)NC(=O)[C@@H](N)CC(C)C)C(=O)O. The monoisotopic (exact) mass is 779 g/mol.